The number of aliphatic hydroxyl groups excluding tert-OH is 2. The molecule has 1 aliphatic rings. The lowest BCUT2D eigenvalue weighted by Crippen LogP contribution is -2.44. The van der Waals surface area contributed by atoms with Crippen molar-refractivity contribution in [3.63, 3.8) is 0 Å². The number of aromatic nitrogens is 2. The van der Waals surface area contributed by atoms with Gasteiger partial charge < -0.3 is 20.4 Å². The molecule has 0 saturated carbocycles. The van der Waals surface area contributed by atoms with Gasteiger partial charge in [-0.15, -0.1) is 0 Å². The molecule has 170 valence electrons. The first-order valence-electron chi connectivity index (χ1n) is 9.43. The number of nitrogens with one attached hydrogen (secondary N) is 1. The maximum Gasteiger partial charge on any atom is 0.433 e. The summed E-state index contributed by atoms with van der Waals surface area (Å²) in [6.07, 6.45) is -2.81. The Labute approximate surface area is 177 Å². The minimum absolute atomic E-state index is 0.0608. The molecule has 0 bridgehead atoms. The zero-order valence-corrected chi connectivity index (χ0v) is 17.9. The van der Waals surface area contributed by atoms with Crippen molar-refractivity contribution in [2.75, 3.05) is 23.0 Å². The molecular formula is C19H23F3N4O4S. The summed E-state index contributed by atoms with van der Waals surface area (Å²) in [6, 6.07) is 1.88. The number of hydrogen-bond donors (Lipinski definition) is 3. The van der Waals surface area contributed by atoms with Gasteiger partial charge in [-0.3, -0.25) is 0 Å². The molecule has 1 aromatic carbocycles. The number of fused-ring (bicyclic) bond motifs is 1. The standard InChI is InChI=1S/C19H23F3N4O4S/c1-10(2)26-14(18-24-6-11(8-27)17(25-18)19(20,21)22)7-23-13-4-5-15(31(3,29)30)12(9-28)16(13)26/h4-6,10,14,23,27-28H,7-9H2,1-3H3/t14-/m0/s1. The third-order valence-corrected chi connectivity index (χ3v) is 6.24. The second-order valence-electron chi connectivity index (χ2n) is 7.52. The second kappa shape index (κ2) is 8.24. The summed E-state index contributed by atoms with van der Waals surface area (Å²) < 4.78 is 64.8. The zero-order chi connectivity index (χ0) is 23.1. The largest absolute Gasteiger partial charge is 0.433 e. The minimum Gasteiger partial charge on any atom is -0.392 e. The van der Waals surface area contributed by atoms with Crippen LogP contribution in [-0.2, 0) is 29.2 Å². The highest BCUT2D eigenvalue weighted by Gasteiger charge is 2.39. The van der Waals surface area contributed by atoms with Crippen molar-refractivity contribution in [1.29, 1.82) is 0 Å². The van der Waals surface area contributed by atoms with Crippen LogP contribution in [0.4, 0.5) is 24.5 Å². The molecular weight excluding hydrogens is 437 g/mol. The molecule has 0 aliphatic carbocycles. The predicted octanol–water partition coefficient (Wildman–Crippen LogP) is 2.27. The van der Waals surface area contributed by atoms with E-state index in [1.54, 1.807) is 24.8 Å². The van der Waals surface area contributed by atoms with Crippen molar-refractivity contribution >= 4 is 21.2 Å². The Balaban J connectivity index is 2.22. The van der Waals surface area contributed by atoms with Crippen molar-refractivity contribution in [3.8, 4) is 0 Å². The molecule has 0 amide bonds. The minimum atomic E-state index is -4.78. The number of hydrogen-bond acceptors (Lipinski definition) is 8. The molecule has 0 spiro atoms. The van der Waals surface area contributed by atoms with Crippen LogP contribution >= 0.6 is 0 Å². The van der Waals surface area contributed by atoms with Crippen LogP contribution < -0.4 is 10.2 Å². The Morgan fingerprint density at radius 3 is 2.45 bits per heavy atom. The van der Waals surface area contributed by atoms with Gasteiger partial charge in [0.25, 0.3) is 0 Å². The van der Waals surface area contributed by atoms with Crippen molar-refractivity contribution in [1.82, 2.24) is 9.97 Å². The molecule has 1 aliphatic heterocycles. The normalized spacial score (nSPS) is 16.9. The number of rotatable bonds is 5. The first-order valence-corrected chi connectivity index (χ1v) is 11.3. The summed E-state index contributed by atoms with van der Waals surface area (Å²) >= 11 is 0. The number of nitrogens with zero attached hydrogens (tertiary/aromatic N) is 3. The maximum absolute atomic E-state index is 13.4. The van der Waals surface area contributed by atoms with Gasteiger partial charge >= 0.3 is 6.18 Å². The van der Waals surface area contributed by atoms with E-state index in [4.69, 9.17) is 0 Å². The smallest absolute Gasteiger partial charge is 0.392 e. The second-order valence-corrected chi connectivity index (χ2v) is 9.51. The Kier molecular flexibility index (Phi) is 6.18. The molecule has 0 radical (unpaired) electrons. The molecule has 0 saturated heterocycles. The Morgan fingerprint density at radius 1 is 1.26 bits per heavy atom. The fourth-order valence-electron chi connectivity index (χ4n) is 3.79. The Hall–Kier alpha value is -2.44. The van der Waals surface area contributed by atoms with Gasteiger partial charge in [0.15, 0.2) is 21.4 Å². The number of alkyl halides is 3. The number of anilines is 2. The molecule has 1 aromatic heterocycles. The summed E-state index contributed by atoms with van der Waals surface area (Å²) in [5.74, 6) is -0.134. The lowest BCUT2D eigenvalue weighted by atomic mass is 10.0. The number of sulfone groups is 1. The van der Waals surface area contributed by atoms with E-state index in [-0.39, 0.29) is 28.9 Å². The summed E-state index contributed by atoms with van der Waals surface area (Å²) in [4.78, 5) is 9.41. The van der Waals surface area contributed by atoms with E-state index >= 15 is 0 Å². The van der Waals surface area contributed by atoms with Gasteiger partial charge in [0.1, 0.15) is 6.04 Å². The third-order valence-electron chi connectivity index (χ3n) is 5.05. The van der Waals surface area contributed by atoms with Gasteiger partial charge in [0, 0.05) is 36.2 Å². The van der Waals surface area contributed by atoms with Gasteiger partial charge in [0.2, 0.25) is 0 Å². The molecule has 8 nitrogen and oxygen atoms in total. The molecule has 2 aromatic rings. The van der Waals surface area contributed by atoms with E-state index in [1.807, 2.05) is 0 Å². The van der Waals surface area contributed by atoms with E-state index in [0.29, 0.717) is 11.4 Å². The summed E-state index contributed by atoms with van der Waals surface area (Å²) in [5, 5.41) is 22.3. The topological polar surface area (TPSA) is 116 Å². The van der Waals surface area contributed by atoms with Gasteiger partial charge in [-0.25, -0.2) is 18.4 Å². The van der Waals surface area contributed by atoms with Crippen LogP contribution in [0.5, 0.6) is 0 Å². The van der Waals surface area contributed by atoms with E-state index < -0.39 is 46.5 Å². The monoisotopic (exact) mass is 460 g/mol. The van der Waals surface area contributed by atoms with Gasteiger partial charge in [-0.2, -0.15) is 13.2 Å². The molecule has 1 atom stereocenters. The number of halogens is 3. The lowest BCUT2D eigenvalue weighted by Gasteiger charge is -2.42. The molecule has 3 N–H and O–H groups in total. The van der Waals surface area contributed by atoms with Crippen LogP contribution in [0.15, 0.2) is 23.2 Å². The summed E-state index contributed by atoms with van der Waals surface area (Å²) in [7, 11) is -3.67. The Bertz CT molecular complexity index is 1090. The highest BCUT2D eigenvalue weighted by molar-refractivity contribution is 7.90. The first kappa shape index (κ1) is 23.2. The lowest BCUT2D eigenvalue weighted by molar-refractivity contribution is -0.142. The van der Waals surface area contributed by atoms with Crippen molar-refractivity contribution in [3.05, 3.63) is 41.0 Å². The van der Waals surface area contributed by atoms with Gasteiger partial charge in [-0.1, -0.05) is 0 Å². The average molecular weight is 460 g/mol. The van der Waals surface area contributed by atoms with Crippen LogP contribution in [0.1, 0.15) is 42.5 Å². The quantitative estimate of drug-likeness (QED) is 0.623. The van der Waals surface area contributed by atoms with Gasteiger partial charge in [0.05, 0.1) is 29.5 Å². The van der Waals surface area contributed by atoms with E-state index in [0.717, 1.165) is 12.5 Å². The number of aliphatic hydroxyl groups is 2. The van der Waals surface area contributed by atoms with Crippen molar-refractivity contribution in [2.45, 2.75) is 50.2 Å². The predicted molar refractivity (Wildman–Crippen MR) is 107 cm³/mol. The molecule has 3 rings (SSSR count). The van der Waals surface area contributed by atoms with Crippen molar-refractivity contribution < 1.29 is 31.8 Å². The molecule has 0 fully saturated rings. The SMILES string of the molecule is CC(C)N1c2c(ccc(S(C)(=O)=O)c2CO)NC[C@H]1c1ncc(CO)c(C(F)(F)F)n1. The zero-order valence-electron chi connectivity index (χ0n) is 17.1. The maximum atomic E-state index is 13.4. The van der Waals surface area contributed by atoms with Crippen LogP contribution in [0.3, 0.4) is 0 Å². The summed E-state index contributed by atoms with van der Waals surface area (Å²) in [5.41, 5.74) is -0.591. The van der Waals surface area contributed by atoms with Crippen LogP contribution in [0, 0.1) is 0 Å². The highest BCUT2D eigenvalue weighted by atomic mass is 32.2. The molecule has 31 heavy (non-hydrogen) atoms. The van der Waals surface area contributed by atoms with Crippen molar-refractivity contribution in [2.24, 2.45) is 0 Å². The van der Waals surface area contributed by atoms with Crippen LogP contribution in [0.2, 0.25) is 0 Å². The Morgan fingerprint density at radius 2 is 1.94 bits per heavy atom. The van der Waals surface area contributed by atoms with Crippen LogP contribution in [0.25, 0.3) is 0 Å². The third kappa shape index (κ3) is 4.32. The fourth-order valence-corrected chi connectivity index (χ4v) is 4.72. The molecule has 12 heteroatoms. The van der Waals surface area contributed by atoms with E-state index in [9.17, 15) is 31.8 Å². The van der Waals surface area contributed by atoms with E-state index in [1.165, 1.54) is 6.07 Å². The summed E-state index contributed by atoms with van der Waals surface area (Å²) in [6.45, 7) is 2.30. The highest BCUT2D eigenvalue weighted by Crippen LogP contribution is 2.43. The van der Waals surface area contributed by atoms with Crippen LogP contribution in [-0.4, -0.2) is 47.4 Å². The molecule has 2 heterocycles. The number of benzene rings is 1. The average Bonchev–Trinajstić information content (AvgIpc) is 2.69. The molecule has 0 unspecified atom stereocenters. The van der Waals surface area contributed by atoms with Gasteiger partial charge in [-0.05, 0) is 26.0 Å². The first-order chi connectivity index (χ1) is 14.4. The van der Waals surface area contributed by atoms with E-state index in [2.05, 4.69) is 15.3 Å². The fraction of sp³-hybridized carbons (Fsp3) is 0.474.